The molecular weight excluding hydrogens is 310 g/mol. The molecule has 2 aromatic carbocycles. The average molecular weight is 320 g/mol. The van der Waals surface area contributed by atoms with E-state index in [4.69, 9.17) is 40.5 Å². The van der Waals surface area contributed by atoms with Crippen molar-refractivity contribution in [3.63, 3.8) is 0 Å². The second-order valence-electron chi connectivity index (χ2n) is 4.06. The lowest BCUT2D eigenvalue weighted by Crippen LogP contribution is -1.99. The lowest BCUT2D eigenvalue weighted by molar-refractivity contribution is 0.619. The molecule has 0 aliphatic rings. The first-order chi connectivity index (χ1) is 8.88. The minimum atomic E-state index is -0.358. The molecule has 2 aromatic rings. The molecule has 3 N–H and O–H groups in total. The molecule has 19 heavy (non-hydrogen) atoms. The van der Waals surface area contributed by atoms with Gasteiger partial charge in [0.1, 0.15) is 5.82 Å². The van der Waals surface area contributed by atoms with Crippen molar-refractivity contribution in [2.24, 2.45) is 0 Å². The van der Waals surface area contributed by atoms with Crippen molar-refractivity contribution in [1.29, 1.82) is 0 Å². The van der Waals surface area contributed by atoms with Gasteiger partial charge < -0.3 is 11.1 Å². The maximum atomic E-state index is 13.3. The Labute approximate surface area is 125 Å². The highest BCUT2D eigenvalue weighted by Gasteiger charge is 2.09. The minimum Gasteiger partial charge on any atom is -0.397 e. The highest BCUT2D eigenvalue weighted by Crippen LogP contribution is 2.35. The summed E-state index contributed by atoms with van der Waals surface area (Å²) in [5.41, 5.74) is 7.62. The van der Waals surface area contributed by atoms with Gasteiger partial charge in [0, 0.05) is 0 Å². The average Bonchev–Trinajstić information content (AvgIpc) is 2.32. The molecule has 0 radical (unpaired) electrons. The Kier molecular flexibility index (Phi) is 4.09. The lowest BCUT2D eigenvalue weighted by Gasteiger charge is -2.13. The zero-order chi connectivity index (χ0) is 14.2. The predicted molar refractivity (Wildman–Crippen MR) is 80.3 cm³/mol. The van der Waals surface area contributed by atoms with Crippen molar-refractivity contribution in [1.82, 2.24) is 0 Å². The quantitative estimate of drug-likeness (QED) is 0.573. The molecule has 0 atom stereocenters. The highest BCUT2D eigenvalue weighted by atomic mass is 35.5. The smallest absolute Gasteiger partial charge is 0.128 e. The van der Waals surface area contributed by atoms with Crippen LogP contribution < -0.4 is 11.1 Å². The normalized spacial score (nSPS) is 10.6. The summed E-state index contributed by atoms with van der Waals surface area (Å²) in [4.78, 5) is 0. The maximum Gasteiger partial charge on any atom is 0.128 e. The van der Waals surface area contributed by atoms with Crippen LogP contribution in [-0.2, 0) is 0 Å². The molecule has 0 aromatic heterocycles. The number of benzene rings is 2. The first-order valence-electron chi connectivity index (χ1n) is 5.35. The fraction of sp³-hybridized carbons (Fsp3) is 0.0769. The third kappa shape index (κ3) is 3.06. The number of nitrogens with one attached hydrogen (secondary N) is 1. The van der Waals surface area contributed by atoms with Crippen molar-refractivity contribution in [3.05, 3.63) is 50.7 Å². The number of nitrogens with two attached hydrogens (primary N) is 1. The monoisotopic (exact) mass is 318 g/mol. The van der Waals surface area contributed by atoms with E-state index in [0.717, 1.165) is 0 Å². The van der Waals surface area contributed by atoms with Gasteiger partial charge in [-0.2, -0.15) is 0 Å². The van der Waals surface area contributed by atoms with Gasteiger partial charge in [0.15, 0.2) is 0 Å². The van der Waals surface area contributed by atoms with Crippen molar-refractivity contribution < 1.29 is 4.39 Å². The summed E-state index contributed by atoms with van der Waals surface area (Å²) in [6.07, 6.45) is 0. The minimum absolute atomic E-state index is 0.283. The van der Waals surface area contributed by atoms with E-state index in [9.17, 15) is 4.39 Å². The van der Waals surface area contributed by atoms with Gasteiger partial charge in [-0.3, -0.25) is 0 Å². The zero-order valence-corrected chi connectivity index (χ0v) is 12.2. The molecule has 2 nitrogen and oxygen atoms in total. The summed E-state index contributed by atoms with van der Waals surface area (Å²) in [7, 11) is 0. The number of hydrogen-bond acceptors (Lipinski definition) is 2. The van der Waals surface area contributed by atoms with Crippen molar-refractivity contribution in [2.75, 3.05) is 11.1 Å². The van der Waals surface area contributed by atoms with Gasteiger partial charge in [-0.25, -0.2) is 4.39 Å². The molecule has 0 bridgehead atoms. The van der Waals surface area contributed by atoms with Gasteiger partial charge in [-0.1, -0.05) is 34.8 Å². The summed E-state index contributed by atoms with van der Waals surface area (Å²) in [6, 6.07) is 5.97. The van der Waals surface area contributed by atoms with Crippen LogP contribution in [0.4, 0.5) is 21.5 Å². The van der Waals surface area contributed by atoms with E-state index in [1.54, 1.807) is 19.1 Å². The summed E-state index contributed by atoms with van der Waals surface area (Å²) in [6.45, 7) is 1.65. The van der Waals surface area contributed by atoms with Gasteiger partial charge in [-0.05, 0) is 36.8 Å². The Morgan fingerprint density at radius 3 is 2.26 bits per heavy atom. The molecule has 2 rings (SSSR count). The van der Waals surface area contributed by atoms with Crippen LogP contribution in [0.15, 0.2) is 24.3 Å². The predicted octanol–water partition coefficient (Wildman–Crippen LogP) is 5.42. The lowest BCUT2D eigenvalue weighted by atomic mass is 10.1. The van der Waals surface area contributed by atoms with Crippen molar-refractivity contribution in [2.45, 2.75) is 6.92 Å². The zero-order valence-electron chi connectivity index (χ0n) is 9.90. The van der Waals surface area contributed by atoms with Crippen LogP contribution in [0.3, 0.4) is 0 Å². The SMILES string of the molecule is Cc1cc(Nc2cc(Cl)c(Cl)cc2Cl)c(N)cc1F. The van der Waals surface area contributed by atoms with Crippen molar-refractivity contribution >= 4 is 51.9 Å². The van der Waals surface area contributed by atoms with Gasteiger partial charge in [0.2, 0.25) is 0 Å². The molecule has 0 amide bonds. The van der Waals surface area contributed by atoms with E-state index >= 15 is 0 Å². The first-order valence-corrected chi connectivity index (χ1v) is 6.49. The van der Waals surface area contributed by atoms with E-state index < -0.39 is 0 Å². The van der Waals surface area contributed by atoms with Crippen molar-refractivity contribution in [3.8, 4) is 0 Å². The second-order valence-corrected chi connectivity index (χ2v) is 5.28. The van der Waals surface area contributed by atoms with E-state index in [0.29, 0.717) is 32.0 Å². The van der Waals surface area contributed by atoms with Gasteiger partial charge in [-0.15, -0.1) is 0 Å². The maximum absolute atomic E-state index is 13.3. The molecule has 0 heterocycles. The number of halogens is 4. The Hall–Kier alpha value is -1.16. The molecule has 100 valence electrons. The largest absolute Gasteiger partial charge is 0.397 e. The number of rotatable bonds is 2. The van der Waals surface area contributed by atoms with Crippen LogP contribution in [0.5, 0.6) is 0 Å². The molecule has 0 aliphatic carbocycles. The Morgan fingerprint density at radius 1 is 0.947 bits per heavy atom. The Balaban J connectivity index is 2.42. The van der Waals surface area contributed by atoms with Crippen LogP contribution in [0.2, 0.25) is 15.1 Å². The fourth-order valence-electron chi connectivity index (χ4n) is 1.57. The summed E-state index contributed by atoms with van der Waals surface area (Å²) in [5, 5.41) is 4.14. The molecule has 0 saturated carbocycles. The Bertz CT molecular complexity index is 589. The topological polar surface area (TPSA) is 38.0 Å². The molecule has 0 fully saturated rings. The molecule has 0 unspecified atom stereocenters. The van der Waals surface area contributed by atoms with Crippen LogP contribution >= 0.6 is 34.8 Å². The number of nitrogen functional groups attached to an aromatic ring is 1. The summed E-state index contributed by atoms with van der Waals surface area (Å²) < 4.78 is 13.3. The number of hydrogen-bond donors (Lipinski definition) is 2. The Morgan fingerprint density at radius 2 is 1.58 bits per heavy atom. The van der Waals surface area contributed by atoms with Crippen LogP contribution in [0.1, 0.15) is 5.56 Å². The van der Waals surface area contributed by atoms with Crippen LogP contribution in [0, 0.1) is 12.7 Å². The summed E-state index contributed by atoms with van der Waals surface area (Å²) >= 11 is 17.8. The molecule has 0 spiro atoms. The number of aryl methyl sites for hydroxylation is 1. The van der Waals surface area contributed by atoms with Crippen LogP contribution in [0.25, 0.3) is 0 Å². The van der Waals surface area contributed by atoms with E-state index in [2.05, 4.69) is 5.32 Å². The van der Waals surface area contributed by atoms with Gasteiger partial charge >= 0.3 is 0 Å². The van der Waals surface area contributed by atoms with E-state index in [-0.39, 0.29) is 11.5 Å². The number of anilines is 3. The first kappa shape index (κ1) is 14.3. The third-order valence-corrected chi connectivity index (χ3v) is 3.64. The second kappa shape index (κ2) is 5.45. The third-order valence-electron chi connectivity index (χ3n) is 2.61. The summed E-state index contributed by atoms with van der Waals surface area (Å²) in [5.74, 6) is -0.358. The molecule has 6 heteroatoms. The molecule has 0 aliphatic heterocycles. The van der Waals surface area contributed by atoms with Gasteiger partial charge in [0.05, 0.1) is 32.1 Å². The molecule has 0 saturated heterocycles. The molecular formula is C13H10Cl3FN2. The van der Waals surface area contributed by atoms with E-state index in [1.165, 1.54) is 12.1 Å². The standard InChI is InChI=1S/C13H10Cl3FN2/c1-6-2-13(11(18)5-10(6)17)19-12-4-8(15)7(14)3-9(12)16/h2-5,19H,18H2,1H3. The van der Waals surface area contributed by atoms with Crippen LogP contribution in [-0.4, -0.2) is 0 Å². The van der Waals surface area contributed by atoms with Gasteiger partial charge in [0.25, 0.3) is 0 Å². The fourth-order valence-corrected chi connectivity index (χ4v) is 2.16. The van der Waals surface area contributed by atoms with E-state index in [1.807, 2.05) is 0 Å². The highest BCUT2D eigenvalue weighted by molar-refractivity contribution is 6.44.